The van der Waals surface area contributed by atoms with Crippen molar-refractivity contribution in [2.24, 2.45) is 0 Å². The molecule has 0 bridgehead atoms. The number of carbonyl (C=O) groups is 2. The van der Waals surface area contributed by atoms with E-state index < -0.39 is 5.97 Å². The highest BCUT2D eigenvalue weighted by molar-refractivity contribution is 5.92. The van der Waals surface area contributed by atoms with Gasteiger partial charge < -0.3 is 18.9 Å². The van der Waals surface area contributed by atoms with Crippen molar-refractivity contribution in [3.05, 3.63) is 59.7 Å². The number of unbranched alkanes of at least 4 members (excludes halogenated alkanes) is 16. The van der Waals surface area contributed by atoms with Gasteiger partial charge in [0.2, 0.25) is 0 Å². The predicted octanol–water partition coefficient (Wildman–Crippen LogP) is 11.7. The molecule has 0 N–H and O–H groups in total. The molecule has 1 atom stereocenters. The van der Waals surface area contributed by atoms with Crippen molar-refractivity contribution in [3.8, 4) is 11.5 Å². The first kappa shape index (κ1) is 40.3. The highest BCUT2D eigenvalue weighted by atomic mass is 16.5. The average Bonchev–Trinajstić information content (AvgIpc) is 3.08. The summed E-state index contributed by atoms with van der Waals surface area (Å²) in [6, 6.07) is 13.5. The number of benzene rings is 2. The summed E-state index contributed by atoms with van der Waals surface area (Å²) in [5, 5.41) is 0. The molecule has 6 heteroatoms. The maximum absolute atomic E-state index is 12.6. The Morgan fingerprint density at radius 3 is 1.53 bits per heavy atom. The van der Waals surface area contributed by atoms with Gasteiger partial charge in [0.05, 0.1) is 30.4 Å². The standard InChI is InChI=1S/C41H64O6/c1-4-6-8-10-12-13-14-15-17-21-33-45-38-28-24-37(25-29-38)41(43)47-39-30-26-36(27-31-39)40(42)46-34-22-18-19-23-35(3)44-32-20-16-11-9-7-5-2/h24-31,35H,4-23,32-34H2,1-3H3. The smallest absolute Gasteiger partial charge is 0.343 e. The number of rotatable bonds is 29. The minimum Gasteiger partial charge on any atom is -0.494 e. The molecule has 0 aliphatic heterocycles. The molecule has 0 spiro atoms. The zero-order valence-electron chi connectivity index (χ0n) is 29.9. The highest BCUT2D eigenvalue weighted by Gasteiger charge is 2.12. The van der Waals surface area contributed by atoms with Crippen molar-refractivity contribution in [1.82, 2.24) is 0 Å². The first-order valence-electron chi connectivity index (χ1n) is 18.9. The van der Waals surface area contributed by atoms with Crippen LogP contribution in [0.25, 0.3) is 0 Å². The molecule has 0 amide bonds. The van der Waals surface area contributed by atoms with Gasteiger partial charge in [-0.2, -0.15) is 0 Å². The van der Waals surface area contributed by atoms with Crippen molar-refractivity contribution in [2.45, 2.75) is 155 Å². The molecular weight excluding hydrogens is 588 g/mol. The van der Waals surface area contributed by atoms with E-state index in [4.69, 9.17) is 18.9 Å². The molecule has 0 saturated heterocycles. The monoisotopic (exact) mass is 652 g/mol. The van der Waals surface area contributed by atoms with Gasteiger partial charge in [-0.15, -0.1) is 0 Å². The second-order valence-electron chi connectivity index (χ2n) is 12.9. The van der Waals surface area contributed by atoms with E-state index in [1.165, 1.54) is 89.9 Å². The number of hydrogen-bond donors (Lipinski definition) is 0. The van der Waals surface area contributed by atoms with E-state index in [-0.39, 0.29) is 12.1 Å². The Morgan fingerprint density at radius 2 is 0.957 bits per heavy atom. The summed E-state index contributed by atoms with van der Waals surface area (Å²) in [7, 11) is 0. The number of hydrogen-bond acceptors (Lipinski definition) is 6. The molecule has 0 heterocycles. The van der Waals surface area contributed by atoms with Crippen LogP contribution in [-0.4, -0.2) is 37.9 Å². The number of carbonyl (C=O) groups excluding carboxylic acids is 2. The Labute approximate surface area is 286 Å². The second-order valence-corrected chi connectivity index (χ2v) is 12.9. The fourth-order valence-electron chi connectivity index (χ4n) is 5.50. The SMILES string of the molecule is CCCCCCCCCCCCOc1ccc(C(=O)Oc2ccc(C(=O)OCCCCCC(C)OCCCCCCCC)cc2)cc1. The lowest BCUT2D eigenvalue weighted by Gasteiger charge is -2.13. The van der Waals surface area contributed by atoms with Gasteiger partial charge in [0.1, 0.15) is 11.5 Å². The molecule has 0 aliphatic rings. The molecular formula is C41H64O6. The average molecular weight is 653 g/mol. The molecule has 0 fully saturated rings. The summed E-state index contributed by atoms with van der Waals surface area (Å²) >= 11 is 0. The van der Waals surface area contributed by atoms with Gasteiger partial charge in [0, 0.05) is 6.61 Å². The molecule has 0 aromatic heterocycles. The van der Waals surface area contributed by atoms with Crippen molar-refractivity contribution in [1.29, 1.82) is 0 Å². The van der Waals surface area contributed by atoms with E-state index in [9.17, 15) is 9.59 Å². The second kappa shape index (κ2) is 27.1. The van der Waals surface area contributed by atoms with Crippen LogP contribution in [0.3, 0.4) is 0 Å². The Balaban J connectivity index is 1.53. The summed E-state index contributed by atoms with van der Waals surface area (Å²) < 4.78 is 22.7. The van der Waals surface area contributed by atoms with Gasteiger partial charge in [-0.1, -0.05) is 110 Å². The summed E-state index contributed by atoms with van der Waals surface area (Å²) in [5.41, 5.74) is 0.879. The lowest BCUT2D eigenvalue weighted by molar-refractivity contribution is 0.0476. The van der Waals surface area contributed by atoms with Gasteiger partial charge >= 0.3 is 11.9 Å². The zero-order chi connectivity index (χ0) is 33.8. The van der Waals surface area contributed by atoms with Crippen LogP contribution in [0.2, 0.25) is 0 Å². The van der Waals surface area contributed by atoms with Gasteiger partial charge in [-0.05, 0) is 87.6 Å². The molecule has 2 aromatic rings. The van der Waals surface area contributed by atoms with E-state index in [0.29, 0.717) is 30.1 Å². The third-order valence-corrected chi connectivity index (χ3v) is 8.55. The molecule has 1 unspecified atom stereocenters. The van der Waals surface area contributed by atoms with Crippen molar-refractivity contribution in [3.63, 3.8) is 0 Å². The van der Waals surface area contributed by atoms with Crippen molar-refractivity contribution >= 4 is 11.9 Å². The van der Waals surface area contributed by atoms with Crippen LogP contribution < -0.4 is 9.47 Å². The van der Waals surface area contributed by atoms with Crippen LogP contribution >= 0.6 is 0 Å². The maximum atomic E-state index is 12.6. The third-order valence-electron chi connectivity index (χ3n) is 8.55. The topological polar surface area (TPSA) is 71.1 Å². The first-order chi connectivity index (χ1) is 23.0. The number of esters is 2. The summed E-state index contributed by atoms with van der Waals surface area (Å²) in [6.07, 6.45) is 24.8. The maximum Gasteiger partial charge on any atom is 0.343 e. The normalized spacial score (nSPS) is 11.7. The van der Waals surface area contributed by atoms with E-state index in [2.05, 4.69) is 20.8 Å². The quantitative estimate of drug-likeness (QED) is 0.0495. The van der Waals surface area contributed by atoms with Crippen LogP contribution in [0.1, 0.15) is 170 Å². The summed E-state index contributed by atoms with van der Waals surface area (Å²) in [4.78, 5) is 25.1. The lowest BCUT2D eigenvalue weighted by Crippen LogP contribution is -2.10. The van der Waals surface area contributed by atoms with Crippen LogP contribution in [0, 0.1) is 0 Å². The van der Waals surface area contributed by atoms with E-state index in [1.807, 2.05) is 0 Å². The van der Waals surface area contributed by atoms with Crippen molar-refractivity contribution in [2.75, 3.05) is 19.8 Å². The van der Waals surface area contributed by atoms with Gasteiger partial charge in [0.25, 0.3) is 0 Å². The molecule has 0 saturated carbocycles. The minimum absolute atomic E-state index is 0.276. The van der Waals surface area contributed by atoms with Crippen molar-refractivity contribution < 1.29 is 28.5 Å². The Hall–Kier alpha value is -2.86. The van der Waals surface area contributed by atoms with E-state index in [1.54, 1.807) is 48.5 Å². The largest absolute Gasteiger partial charge is 0.494 e. The summed E-state index contributed by atoms with van der Waals surface area (Å²) in [6.45, 7) is 8.57. The Morgan fingerprint density at radius 1 is 0.511 bits per heavy atom. The third kappa shape index (κ3) is 20.2. The first-order valence-corrected chi connectivity index (χ1v) is 18.9. The van der Waals surface area contributed by atoms with Crippen LogP contribution in [0.4, 0.5) is 0 Å². The summed E-state index contributed by atoms with van der Waals surface area (Å²) in [5.74, 6) is 0.305. The highest BCUT2D eigenvalue weighted by Crippen LogP contribution is 2.18. The molecule has 2 aromatic carbocycles. The van der Waals surface area contributed by atoms with Gasteiger partial charge in [0.15, 0.2) is 0 Å². The molecule has 0 aliphatic carbocycles. The fraction of sp³-hybridized carbons (Fsp3) is 0.659. The molecule has 47 heavy (non-hydrogen) atoms. The Bertz CT molecular complexity index is 1050. The van der Waals surface area contributed by atoms with Crippen LogP contribution in [-0.2, 0) is 9.47 Å². The molecule has 0 radical (unpaired) electrons. The van der Waals surface area contributed by atoms with Crippen LogP contribution in [0.15, 0.2) is 48.5 Å². The van der Waals surface area contributed by atoms with Crippen LogP contribution in [0.5, 0.6) is 11.5 Å². The Kier molecular flexibility index (Phi) is 23.3. The number of ether oxygens (including phenoxy) is 4. The van der Waals surface area contributed by atoms with E-state index >= 15 is 0 Å². The zero-order valence-corrected chi connectivity index (χ0v) is 29.9. The molecule has 2 rings (SSSR count). The lowest BCUT2D eigenvalue weighted by atomic mass is 10.1. The minimum atomic E-state index is -0.455. The fourth-order valence-corrected chi connectivity index (χ4v) is 5.50. The predicted molar refractivity (Wildman–Crippen MR) is 193 cm³/mol. The van der Waals surface area contributed by atoms with E-state index in [0.717, 1.165) is 50.9 Å². The van der Waals surface area contributed by atoms with Gasteiger partial charge in [-0.3, -0.25) is 0 Å². The van der Waals surface area contributed by atoms with Gasteiger partial charge in [-0.25, -0.2) is 9.59 Å². The molecule has 264 valence electrons. The molecule has 6 nitrogen and oxygen atoms in total.